The molecule has 0 aliphatic rings. The van der Waals surface area contributed by atoms with Gasteiger partial charge in [0.1, 0.15) is 18.2 Å². The van der Waals surface area contributed by atoms with Crippen LogP contribution in [0.3, 0.4) is 0 Å². The number of nitrogens with zero attached hydrogens (tertiary/aromatic N) is 3. The monoisotopic (exact) mass is 505 g/mol. The molecule has 0 radical (unpaired) electrons. The van der Waals surface area contributed by atoms with E-state index in [0.717, 1.165) is 38.9 Å². The molecule has 0 bridgehead atoms. The Morgan fingerprint density at radius 1 is 0.947 bits per heavy atom. The molecule has 0 atom stereocenters. The number of amides is 2. The van der Waals surface area contributed by atoms with Crippen molar-refractivity contribution in [3.05, 3.63) is 108 Å². The summed E-state index contributed by atoms with van der Waals surface area (Å²) in [6.45, 7) is 8.91. The molecule has 3 aromatic carbocycles. The van der Waals surface area contributed by atoms with Gasteiger partial charge < -0.3 is 10.1 Å². The number of rotatable bonds is 6. The van der Waals surface area contributed by atoms with Gasteiger partial charge in [-0.2, -0.15) is 5.10 Å². The highest BCUT2D eigenvalue weighted by Crippen LogP contribution is 2.35. The third kappa shape index (κ3) is 5.22. The largest absolute Gasteiger partial charge is 0.488 e. The Hall–Kier alpha value is -4.65. The van der Waals surface area contributed by atoms with E-state index in [4.69, 9.17) is 4.74 Å². The molecule has 5 aromatic rings. The number of carbonyl (C=O) groups is 1. The number of aromatic amines is 1. The summed E-state index contributed by atoms with van der Waals surface area (Å²) < 4.78 is 6.14. The first-order valence-corrected chi connectivity index (χ1v) is 12.6. The van der Waals surface area contributed by atoms with Crippen molar-refractivity contribution in [3.63, 3.8) is 0 Å². The molecule has 192 valence electrons. The van der Waals surface area contributed by atoms with Crippen LogP contribution < -0.4 is 15.0 Å². The average molecular weight is 506 g/mol. The molecule has 0 unspecified atom stereocenters. The molecule has 0 saturated heterocycles. The lowest BCUT2D eigenvalue weighted by Gasteiger charge is -2.27. The molecular weight excluding hydrogens is 474 g/mol. The maximum absolute atomic E-state index is 13.9. The maximum atomic E-state index is 13.9. The molecule has 0 aliphatic carbocycles. The Kier molecular flexibility index (Phi) is 6.83. The summed E-state index contributed by atoms with van der Waals surface area (Å²) >= 11 is 0. The van der Waals surface area contributed by atoms with Crippen LogP contribution in [0.25, 0.3) is 10.8 Å². The van der Waals surface area contributed by atoms with Crippen LogP contribution in [0, 0.1) is 6.92 Å². The lowest BCUT2D eigenvalue weighted by Crippen LogP contribution is -2.32. The molecule has 2 amide bonds. The molecule has 2 aromatic heterocycles. The van der Waals surface area contributed by atoms with Crippen LogP contribution in [-0.4, -0.2) is 21.2 Å². The van der Waals surface area contributed by atoms with Gasteiger partial charge in [-0.3, -0.25) is 10.1 Å². The summed E-state index contributed by atoms with van der Waals surface area (Å²) in [5.41, 5.74) is 4.56. The third-order valence-corrected chi connectivity index (χ3v) is 6.52. The van der Waals surface area contributed by atoms with Gasteiger partial charge in [0.15, 0.2) is 0 Å². The maximum Gasteiger partial charge on any atom is 0.332 e. The predicted octanol–water partition coefficient (Wildman–Crippen LogP) is 7.51. The van der Waals surface area contributed by atoms with Crippen LogP contribution in [0.2, 0.25) is 0 Å². The predicted molar refractivity (Wildman–Crippen MR) is 152 cm³/mol. The van der Waals surface area contributed by atoms with Crippen LogP contribution >= 0.6 is 0 Å². The highest BCUT2D eigenvalue weighted by Gasteiger charge is 2.24. The minimum absolute atomic E-state index is 0.0686. The molecule has 7 nitrogen and oxygen atoms in total. The number of anilines is 3. The van der Waals surface area contributed by atoms with Crippen LogP contribution in [0.1, 0.15) is 37.5 Å². The minimum atomic E-state index is -0.293. The highest BCUT2D eigenvalue weighted by molar-refractivity contribution is 6.11. The normalized spacial score (nSPS) is 11.4. The fourth-order valence-electron chi connectivity index (χ4n) is 4.36. The van der Waals surface area contributed by atoms with Gasteiger partial charge >= 0.3 is 6.03 Å². The number of aromatic nitrogens is 3. The Bertz CT molecular complexity index is 1560. The molecule has 7 heteroatoms. The zero-order chi connectivity index (χ0) is 26.7. The summed E-state index contributed by atoms with van der Waals surface area (Å²) in [5.74, 6) is 1.33. The van der Waals surface area contributed by atoms with Crippen molar-refractivity contribution < 1.29 is 9.53 Å². The van der Waals surface area contributed by atoms with E-state index in [2.05, 4.69) is 59.5 Å². The average Bonchev–Trinajstić information content (AvgIpc) is 3.44. The summed E-state index contributed by atoms with van der Waals surface area (Å²) in [6, 6.07) is 23.3. The fourth-order valence-corrected chi connectivity index (χ4v) is 4.36. The van der Waals surface area contributed by atoms with Gasteiger partial charge in [-0.15, -0.1) is 0 Å². The number of hydrogen-bond donors (Lipinski definition) is 2. The van der Waals surface area contributed by atoms with E-state index in [1.807, 2.05) is 55.5 Å². The van der Waals surface area contributed by atoms with Gasteiger partial charge in [0.05, 0.1) is 17.6 Å². The van der Waals surface area contributed by atoms with E-state index in [9.17, 15) is 4.79 Å². The van der Waals surface area contributed by atoms with Crippen LogP contribution in [0.5, 0.6) is 5.75 Å². The number of hydrogen-bond acceptors (Lipinski definition) is 4. The topological polar surface area (TPSA) is 83.1 Å². The van der Waals surface area contributed by atoms with Crippen molar-refractivity contribution in [2.75, 3.05) is 10.2 Å². The van der Waals surface area contributed by atoms with Gasteiger partial charge in [-0.25, -0.2) is 9.69 Å². The number of benzene rings is 3. The molecule has 0 spiro atoms. The summed E-state index contributed by atoms with van der Waals surface area (Å²) in [7, 11) is 0. The van der Waals surface area contributed by atoms with E-state index in [-0.39, 0.29) is 11.4 Å². The Morgan fingerprint density at radius 2 is 1.71 bits per heavy atom. The molecule has 38 heavy (non-hydrogen) atoms. The van der Waals surface area contributed by atoms with E-state index >= 15 is 0 Å². The lowest BCUT2D eigenvalue weighted by molar-refractivity contribution is 0.259. The number of ether oxygens (including phenoxy) is 1. The Morgan fingerprint density at radius 3 is 2.42 bits per heavy atom. The Balaban J connectivity index is 1.49. The number of fused-ring (bicyclic) bond motifs is 1. The van der Waals surface area contributed by atoms with E-state index < -0.39 is 0 Å². The molecule has 0 aliphatic heterocycles. The standard InChI is InChI=1S/C31H31N5O2/c1-21-9-10-23(31(2,3)4)19-27(21)36(29-15-18-33-35-29)30(37)34-26-11-12-28(25-8-6-5-7-24(25)26)38-20-22-13-16-32-17-14-22/h5-19H,20H2,1-4H3,(H,33,35)(H,34,37). The van der Waals surface area contributed by atoms with Crippen molar-refractivity contribution in [1.29, 1.82) is 0 Å². The number of carbonyl (C=O) groups excluding carboxylic acids is 1. The molecule has 2 N–H and O–H groups in total. The van der Waals surface area contributed by atoms with Crippen molar-refractivity contribution in [1.82, 2.24) is 15.2 Å². The smallest absolute Gasteiger partial charge is 0.332 e. The van der Waals surface area contributed by atoms with Gasteiger partial charge in [0.2, 0.25) is 0 Å². The second kappa shape index (κ2) is 10.4. The van der Waals surface area contributed by atoms with Crippen molar-refractivity contribution in [2.45, 2.75) is 39.7 Å². The third-order valence-electron chi connectivity index (χ3n) is 6.52. The lowest BCUT2D eigenvalue weighted by atomic mass is 9.86. The van der Waals surface area contributed by atoms with E-state index in [0.29, 0.717) is 18.1 Å². The summed E-state index contributed by atoms with van der Waals surface area (Å²) in [4.78, 5) is 19.6. The van der Waals surface area contributed by atoms with Crippen LogP contribution in [-0.2, 0) is 12.0 Å². The van der Waals surface area contributed by atoms with Gasteiger partial charge in [-0.05, 0) is 59.4 Å². The van der Waals surface area contributed by atoms with Gasteiger partial charge in [0, 0.05) is 29.2 Å². The molecule has 5 rings (SSSR count). The highest BCUT2D eigenvalue weighted by atomic mass is 16.5. The Labute approximate surface area is 222 Å². The second-order valence-electron chi connectivity index (χ2n) is 10.3. The number of nitrogens with one attached hydrogen (secondary N) is 2. The molecule has 2 heterocycles. The first kappa shape index (κ1) is 25.0. The van der Waals surface area contributed by atoms with E-state index in [1.165, 1.54) is 0 Å². The van der Waals surface area contributed by atoms with E-state index in [1.54, 1.807) is 29.6 Å². The zero-order valence-corrected chi connectivity index (χ0v) is 22.0. The van der Waals surface area contributed by atoms with Crippen LogP contribution in [0.4, 0.5) is 22.0 Å². The minimum Gasteiger partial charge on any atom is -0.488 e. The summed E-state index contributed by atoms with van der Waals surface area (Å²) in [5, 5.41) is 12.0. The second-order valence-corrected chi connectivity index (χ2v) is 10.3. The number of urea groups is 1. The first-order chi connectivity index (χ1) is 18.3. The van der Waals surface area contributed by atoms with Gasteiger partial charge in [0.25, 0.3) is 0 Å². The SMILES string of the molecule is Cc1ccc(C(C)(C)C)cc1N(C(=O)Nc1ccc(OCc2ccncc2)c2ccccc12)c1ccn[nH]1. The molecule has 0 fully saturated rings. The number of pyridine rings is 1. The number of H-pyrrole nitrogens is 1. The first-order valence-electron chi connectivity index (χ1n) is 12.6. The number of aryl methyl sites for hydroxylation is 1. The zero-order valence-electron chi connectivity index (χ0n) is 22.0. The van der Waals surface area contributed by atoms with Crippen molar-refractivity contribution >= 4 is 34.0 Å². The van der Waals surface area contributed by atoms with Gasteiger partial charge in [-0.1, -0.05) is 57.2 Å². The molecular formula is C31H31N5O2. The quantitative estimate of drug-likeness (QED) is 0.250. The molecule has 0 saturated carbocycles. The van der Waals surface area contributed by atoms with Crippen molar-refractivity contribution in [3.8, 4) is 5.75 Å². The summed E-state index contributed by atoms with van der Waals surface area (Å²) in [6.07, 6.45) is 5.14. The van der Waals surface area contributed by atoms with Crippen LogP contribution in [0.15, 0.2) is 91.4 Å². The van der Waals surface area contributed by atoms with Crippen molar-refractivity contribution in [2.24, 2.45) is 0 Å². The fraction of sp³-hybridized carbons (Fsp3) is 0.194.